The number of anilines is 2. The fourth-order valence-electron chi connectivity index (χ4n) is 1.34. The SMILES string of the molecule is O=[13C](Nc1ccccc1)Nc1ccccc1. The Morgan fingerprint density at radius 2 is 1.06 bits per heavy atom. The summed E-state index contributed by atoms with van der Waals surface area (Å²) < 4.78 is 0. The molecule has 0 atom stereocenters. The molecule has 0 spiro atoms. The molecular weight excluding hydrogens is 201 g/mol. The first kappa shape index (κ1) is 10.2. The molecule has 3 heteroatoms. The third-order valence-electron chi connectivity index (χ3n) is 2.06. The smallest absolute Gasteiger partial charge is 0.308 e. The van der Waals surface area contributed by atoms with E-state index in [1.54, 1.807) is 0 Å². The van der Waals surface area contributed by atoms with Crippen molar-refractivity contribution in [3.63, 3.8) is 0 Å². The predicted molar refractivity (Wildman–Crippen MR) is 65.5 cm³/mol. The number of benzene rings is 2. The van der Waals surface area contributed by atoms with E-state index in [0.717, 1.165) is 11.4 Å². The van der Waals surface area contributed by atoms with E-state index in [2.05, 4.69) is 10.6 Å². The summed E-state index contributed by atoms with van der Waals surface area (Å²) in [6.07, 6.45) is 0. The van der Waals surface area contributed by atoms with E-state index in [1.165, 1.54) is 0 Å². The normalized spacial score (nSPS) is 9.50. The van der Waals surface area contributed by atoms with Crippen molar-refractivity contribution in [3.8, 4) is 0 Å². The van der Waals surface area contributed by atoms with Crippen LogP contribution in [-0.2, 0) is 0 Å². The van der Waals surface area contributed by atoms with Gasteiger partial charge in [-0.1, -0.05) is 36.4 Å². The average molecular weight is 213 g/mol. The maximum Gasteiger partial charge on any atom is 0.323 e. The van der Waals surface area contributed by atoms with Crippen LogP contribution >= 0.6 is 0 Å². The molecule has 2 aromatic rings. The summed E-state index contributed by atoms with van der Waals surface area (Å²) in [5.41, 5.74) is 1.55. The van der Waals surface area contributed by atoms with Crippen LogP contribution in [0.1, 0.15) is 0 Å². The van der Waals surface area contributed by atoms with Gasteiger partial charge in [0, 0.05) is 11.4 Å². The minimum Gasteiger partial charge on any atom is -0.308 e. The molecule has 0 aliphatic heterocycles. The minimum atomic E-state index is -0.239. The second-order valence-electron chi connectivity index (χ2n) is 3.31. The molecule has 0 unspecified atom stereocenters. The highest BCUT2D eigenvalue weighted by Crippen LogP contribution is 2.08. The molecular formula is C13H12N2O. The van der Waals surface area contributed by atoms with Crippen LogP contribution < -0.4 is 10.6 Å². The zero-order chi connectivity index (χ0) is 11.2. The van der Waals surface area contributed by atoms with E-state index >= 15 is 0 Å². The highest BCUT2D eigenvalue weighted by Gasteiger charge is 2.00. The van der Waals surface area contributed by atoms with Gasteiger partial charge in [0.2, 0.25) is 0 Å². The van der Waals surface area contributed by atoms with Crippen molar-refractivity contribution in [2.75, 3.05) is 10.6 Å². The van der Waals surface area contributed by atoms with E-state index in [1.807, 2.05) is 60.7 Å². The molecule has 0 fully saturated rings. The number of urea groups is 1. The van der Waals surface area contributed by atoms with Crippen LogP contribution in [0.15, 0.2) is 60.7 Å². The van der Waals surface area contributed by atoms with Crippen LogP contribution in [-0.4, -0.2) is 6.03 Å². The van der Waals surface area contributed by atoms with Crippen molar-refractivity contribution < 1.29 is 4.79 Å². The Labute approximate surface area is 94.1 Å². The summed E-state index contributed by atoms with van der Waals surface area (Å²) in [5.74, 6) is 0. The third-order valence-corrected chi connectivity index (χ3v) is 2.06. The first-order chi connectivity index (χ1) is 7.84. The Morgan fingerprint density at radius 1 is 0.688 bits per heavy atom. The van der Waals surface area contributed by atoms with Crippen molar-refractivity contribution in [1.82, 2.24) is 0 Å². The van der Waals surface area contributed by atoms with E-state index in [4.69, 9.17) is 0 Å². The number of hydrogen-bond donors (Lipinski definition) is 2. The molecule has 0 heterocycles. The number of para-hydroxylation sites is 2. The minimum absolute atomic E-state index is 0.239. The van der Waals surface area contributed by atoms with Crippen LogP contribution in [0.5, 0.6) is 0 Å². The number of nitrogens with one attached hydrogen (secondary N) is 2. The fourth-order valence-corrected chi connectivity index (χ4v) is 1.34. The fraction of sp³-hybridized carbons (Fsp3) is 0. The van der Waals surface area contributed by atoms with Gasteiger partial charge in [0.25, 0.3) is 0 Å². The molecule has 0 saturated carbocycles. The molecule has 16 heavy (non-hydrogen) atoms. The average Bonchev–Trinajstić information content (AvgIpc) is 2.31. The van der Waals surface area contributed by atoms with E-state index in [9.17, 15) is 4.79 Å². The van der Waals surface area contributed by atoms with Crippen molar-refractivity contribution in [3.05, 3.63) is 60.7 Å². The van der Waals surface area contributed by atoms with Crippen LogP contribution in [0.25, 0.3) is 0 Å². The van der Waals surface area contributed by atoms with Crippen LogP contribution in [0.2, 0.25) is 0 Å². The lowest BCUT2D eigenvalue weighted by Crippen LogP contribution is -2.19. The summed E-state index contributed by atoms with van der Waals surface area (Å²) in [4.78, 5) is 11.6. The number of rotatable bonds is 2. The Kier molecular flexibility index (Phi) is 3.18. The van der Waals surface area contributed by atoms with Gasteiger partial charge >= 0.3 is 6.03 Å². The summed E-state index contributed by atoms with van der Waals surface area (Å²) in [6.45, 7) is 0. The lowest BCUT2D eigenvalue weighted by atomic mass is 10.3. The monoisotopic (exact) mass is 213 g/mol. The predicted octanol–water partition coefficient (Wildman–Crippen LogP) is 3.33. The lowest BCUT2D eigenvalue weighted by molar-refractivity contribution is 0.262. The van der Waals surface area contributed by atoms with Gasteiger partial charge in [-0.2, -0.15) is 0 Å². The molecule has 2 amide bonds. The van der Waals surface area contributed by atoms with Gasteiger partial charge in [-0.15, -0.1) is 0 Å². The highest BCUT2D eigenvalue weighted by molar-refractivity contribution is 5.99. The van der Waals surface area contributed by atoms with Crippen molar-refractivity contribution in [1.29, 1.82) is 0 Å². The maximum atomic E-state index is 11.6. The lowest BCUT2D eigenvalue weighted by Gasteiger charge is -2.06. The van der Waals surface area contributed by atoms with Gasteiger partial charge in [0.1, 0.15) is 0 Å². The molecule has 3 nitrogen and oxygen atoms in total. The topological polar surface area (TPSA) is 41.1 Å². The molecule has 0 aliphatic carbocycles. The van der Waals surface area contributed by atoms with Gasteiger partial charge in [-0.3, -0.25) is 0 Å². The molecule has 0 aromatic heterocycles. The Hall–Kier alpha value is -2.29. The molecule has 80 valence electrons. The number of amides is 2. The molecule has 0 radical (unpaired) electrons. The molecule has 2 aromatic carbocycles. The van der Waals surface area contributed by atoms with Crippen molar-refractivity contribution in [2.45, 2.75) is 0 Å². The van der Waals surface area contributed by atoms with Crippen LogP contribution in [0.3, 0.4) is 0 Å². The zero-order valence-electron chi connectivity index (χ0n) is 8.68. The first-order valence-corrected chi connectivity index (χ1v) is 5.03. The maximum absolute atomic E-state index is 11.6. The number of carbonyl (C=O) groups excluding carboxylic acids is 1. The number of hydrogen-bond acceptors (Lipinski definition) is 1. The Morgan fingerprint density at radius 3 is 1.44 bits per heavy atom. The molecule has 0 bridgehead atoms. The van der Waals surface area contributed by atoms with Gasteiger partial charge in [-0.25, -0.2) is 4.79 Å². The quantitative estimate of drug-likeness (QED) is 0.738. The summed E-state index contributed by atoms with van der Waals surface area (Å²) in [5, 5.41) is 5.48. The van der Waals surface area contributed by atoms with Gasteiger partial charge in [0.05, 0.1) is 0 Å². The Balaban J connectivity index is 1.95. The number of carbonyl (C=O) groups is 1. The van der Waals surface area contributed by atoms with E-state index in [-0.39, 0.29) is 6.03 Å². The molecule has 2 N–H and O–H groups in total. The van der Waals surface area contributed by atoms with Crippen LogP contribution in [0, 0.1) is 0 Å². The van der Waals surface area contributed by atoms with Crippen molar-refractivity contribution >= 4 is 17.4 Å². The third kappa shape index (κ3) is 2.85. The van der Waals surface area contributed by atoms with Gasteiger partial charge < -0.3 is 10.6 Å². The van der Waals surface area contributed by atoms with Crippen LogP contribution in [0.4, 0.5) is 16.2 Å². The first-order valence-electron chi connectivity index (χ1n) is 5.03. The highest BCUT2D eigenvalue weighted by atomic mass is 16.2. The standard InChI is InChI=1S/C13H12N2O/c16-13(14-11-7-3-1-4-8-11)15-12-9-5-2-6-10-12/h1-10H,(H2,14,15,16)/i13+1. The Bertz CT molecular complexity index is 410. The second-order valence-corrected chi connectivity index (χ2v) is 3.31. The summed E-state index contributed by atoms with van der Waals surface area (Å²) >= 11 is 0. The largest absolute Gasteiger partial charge is 0.323 e. The van der Waals surface area contributed by atoms with Gasteiger partial charge in [0.15, 0.2) is 0 Å². The van der Waals surface area contributed by atoms with E-state index < -0.39 is 0 Å². The van der Waals surface area contributed by atoms with Crippen molar-refractivity contribution in [2.24, 2.45) is 0 Å². The molecule has 0 aliphatic rings. The van der Waals surface area contributed by atoms with E-state index in [0.29, 0.717) is 0 Å². The molecule has 2 rings (SSSR count). The summed E-state index contributed by atoms with van der Waals surface area (Å²) in [6, 6.07) is 18.4. The second kappa shape index (κ2) is 4.98. The van der Waals surface area contributed by atoms with Gasteiger partial charge in [-0.05, 0) is 24.3 Å². The zero-order valence-corrected chi connectivity index (χ0v) is 8.68. The summed E-state index contributed by atoms with van der Waals surface area (Å²) in [7, 11) is 0. The molecule has 0 saturated heterocycles.